The molecule has 3 aromatic rings. The van der Waals surface area contributed by atoms with Crippen molar-refractivity contribution in [1.29, 1.82) is 0 Å². The van der Waals surface area contributed by atoms with Gasteiger partial charge in [0.15, 0.2) is 0 Å². The molecule has 0 aliphatic carbocycles. The number of carbonyl (C=O) groups is 2. The molecule has 0 saturated carbocycles. The maximum Gasteiger partial charge on any atom is 0.274 e. The van der Waals surface area contributed by atoms with Gasteiger partial charge in [0.2, 0.25) is 5.91 Å². The summed E-state index contributed by atoms with van der Waals surface area (Å²) in [6.45, 7) is 1.16. The van der Waals surface area contributed by atoms with E-state index in [-0.39, 0.29) is 5.91 Å². The standard InChI is InChI=1S/C20H19N3O3/c24-19(10-16-11-21-18-4-2-1-3-17(16)18)23-8-7-13-9-14(20(25)22-26)5-6-15(13)12-23/h1-6,9,11,21,26H,7-8,10,12H2,(H,22,25). The third-order valence-electron chi connectivity index (χ3n) is 4.95. The van der Waals surface area contributed by atoms with Crippen LogP contribution in [-0.4, -0.2) is 33.5 Å². The summed E-state index contributed by atoms with van der Waals surface area (Å²) < 4.78 is 0. The van der Waals surface area contributed by atoms with Gasteiger partial charge in [-0.25, -0.2) is 5.48 Å². The molecule has 4 rings (SSSR count). The highest BCUT2D eigenvalue weighted by Gasteiger charge is 2.22. The molecule has 1 aliphatic heterocycles. The first-order valence-corrected chi connectivity index (χ1v) is 8.54. The van der Waals surface area contributed by atoms with Crippen molar-refractivity contribution < 1.29 is 14.8 Å². The summed E-state index contributed by atoms with van der Waals surface area (Å²) in [6.07, 6.45) is 2.96. The highest BCUT2D eigenvalue weighted by Crippen LogP contribution is 2.23. The monoisotopic (exact) mass is 349 g/mol. The largest absolute Gasteiger partial charge is 0.361 e. The van der Waals surface area contributed by atoms with Crippen molar-refractivity contribution in [2.75, 3.05) is 6.54 Å². The number of carbonyl (C=O) groups excluding carboxylic acids is 2. The van der Waals surface area contributed by atoms with E-state index in [1.54, 1.807) is 17.6 Å². The van der Waals surface area contributed by atoms with Crippen LogP contribution < -0.4 is 5.48 Å². The number of aromatic nitrogens is 1. The predicted octanol–water partition coefficient (Wildman–Crippen LogP) is 2.41. The van der Waals surface area contributed by atoms with Crippen molar-refractivity contribution in [3.8, 4) is 0 Å². The molecule has 0 bridgehead atoms. The Bertz CT molecular complexity index is 993. The van der Waals surface area contributed by atoms with E-state index in [0.29, 0.717) is 31.5 Å². The second-order valence-corrected chi connectivity index (χ2v) is 6.53. The molecule has 2 heterocycles. The normalized spacial score (nSPS) is 13.5. The molecule has 26 heavy (non-hydrogen) atoms. The van der Waals surface area contributed by atoms with Crippen LogP contribution in [0.3, 0.4) is 0 Å². The van der Waals surface area contributed by atoms with E-state index in [4.69, 9.17) is 5.21 Å². The van der Waals surface area contributed by atoms with Crippen molar-refractivity contribution in [2.45, 2.75) is 19.4 Å². The number of rotatable bonds is 3. The Balaban J connectivity index is 1.50. The number of hydrogen-bond acceptors (Lipinski definition) is 3. The molecular formula is C20H19N3O3. The zero-order valence-corrected chi connectivity index (χ0v) is 14.2. The summed E-state index contributed by atoms with van der Waals surface area (Å²) in [6, 6.07) is 13.3. The molecule has 6 nitrogen and oxygen atoms in total. The number of para-hydroxylation sites is 1. The van der Waals surface area contributed by atoms with E-state index in [1.165, 1.54) is 0 Å². The molecule has 0 unspecified atom stereocenters. The van der Waals surface area contributed by atoms with Crippen LogP contribution in [0.2, 0.25) is 0 Å². The quantitative estimate of drug-likeness (QED) is 0.501. The average Bonchev–Trinajstić information content (AvgIpc) is 3.09. The molecule has 0 saturated heterocycles. The Morgan fingerprint density at radius 2 is 2.00 bits per heavy atom. The molecule has 6 heteroatoms. The summed E-state index contributed by atoms with van der Waals surface area (Å²) in [5.74, 6) is -0.428. The molecule has 0 spiro atoms. The number of amides is 2. The highest BCUT2D eigenvalue weighted by atomic mass is 16.5. The lowest BCUT2D eigenvalue weighted by molar-refractivity contribution is -0.131. The van der Waals surface area contributed by atoms with E-state index < -0.39 is 5.91 Å². The molecule has 0 atom stereocenters. The summed E-state index contributed by atoms with van der Waals surface area (Å²) in [7, 11) is 0. The van der Waals surface area contributed by atoms with Crippen LogP contribution in [0.5, 0.6) is 0 Å². The number of nitrogens with one attached hydrogen (secondary N) is 2. The summed E-state index contributed by atoms with van der Waals surface area (Å²) in [5, 5.41) is 9.83. The minimum absolute atomic E-state index is 0.0950. The molecule has 1 aromatic heterocycles. The van der Waals surface area contributed by atoms with Gasteiger partial charge in [-0.05, 0) is 41.3 Å². The number of H-pyrrole nitrogens is 1. The van der Waals surface area contributed by atoms with E-state index in [0.717, 1.165) is 27.6 Å². The van der Waals surface area contributed by atoms with Gasteiger partial charge < -0.3 is 9.88 Å². The zero-order chi connectivity index (χ0) is 18.1. The van der Waals surface area contributed by atoms with Crippen LogP contribution in [0.4, 0.5) is 0 Å². The second-order valence-electron chi connectivity index (χ2n) is 6.53. The summed E-state index contributed by atoms with van der Waals surface area (Å²) in [5.41, 5.74) is 6.19. The first-order chi connectivity index (χ1) is 12.7. The van der Waals surface area contributed by atoms with Crippen molar-refractivity contribution in [2.24, 2.45) is 0 Å². The SMILES string of the molecule is O=C(NO)c1ccc2c(c1)CCN(C(=O)Cc1c[nH]c3ccccc13)C2. The van der Waals surface area contributed by atoms with Crippen LogP contribution in [0, 0.1) is 0 Å². The molecule has 0 radical (unpaired) electrons. The van der Waals surface area contributed by atoms with Crippen LogP contribution in [0.25, 0.3) is 10.9 Å². The van der Waals surface area contributed by atoms with Gasteiger partial charge in [0.25, 0.3) is 5.91 Å². The number of aromatic amines is 1. The maximum absolute atomic E-state index is 12.8. The Kier molecular flexibility index (Phi) is 4.18. The fourth-order valence-corrected chi connectivity index (χ4v) is 3.52. The predicted molar refractivity (Wildman–Crippen MR) is 96.8 cm³/mol. The van der Waals surface area contributed by atoms with Crippen molar-refractivity contribution in [3.05, 3.63) is 70.9 Å². The maximum atomic E-state index is 12.8. The third-order valence-corrected chi connectivity index (χ3v) is 4.95. The fraction of sp³-hybridized carbons (Fsp3) is 0.200. The van der Waals surface area contributed by atoms with Crippen molar-refractivity contribution in [3.63, 3.8) is 0 Å². The lowest BCUT2D eigenvalue weighted by Crippen LogP contribution is -2.37. The van der Waals surface area contributed by atoms with Gasteiger partial charge in [-0.3, -0.25) is 14.8 Å². The molecule has 1 aliphatic rings. The van der Waals surface area contributed by atoms with Gasteiger partial charge in [0.1, 0.15) is 0 Å². The van der Waals surface area contributed by atoms with Gasteiger partial charge in [-0.1, -0.05) is 24.3 Å². The second kappa shape index (κ2) is 6.65. The van der Waals surface area contributed by atoms with E-state index >= 15 is 0 Å². The van der Waals surface area contributed by atoms with E-state index in [9.17, 15) is 9.59 Å². The van der Waals surface area contributed by atoms with Crippen molar-refractivity contribution >= 4 is 22.7 Å². The first kappa shape index (κ1) is 16.4. The number of hydroxylamine groups is 1. The fourth-order valence-electron chi connectivity index (χ4n) is 3.52. The first-order valence-electron chi connectivity index (χ1n) is 8.54. The topological polar surface area (TPSA) is 85.4 Å². The molecule has 2 amide bonds. The third kappa shape index (κ3) is 2.95. The number of benzene rings is 2. The number of hydrogen-bond donors (Lipinski definition) is 3. The Hall–Kier alpha value is -3.12. The van der Waals surface area contributed by atoms with Gasteiger partial charge >= 0.3 is 0 Å². The lowest BCUT2D eigenvalue weighted by Gasteiger charge is -2.29. The smallest absolute Gasteiger partial charge is 0.274 e. The van der Waals surface area contributed by atoms with Crippen LogP contribution in [0.15, 0.2) is 48.7 Å². The van der Waals surface area contributed by atoms with Crippen LogP contribution >= 0.6 is 0 Å². The van der Waals surface area contributed by atoms with Crippen LogP contribution in [0.1, 0.15) is 27.0 Å². The van der Waals surface area contributed by atoms with E-state index in [1.807, 2.05) is 41.4 Å². The average molecular weight is 349 g/mol. The molecular weight excluding hydrogens is 330 g/mol. The van der Waals surface area contributed by atoms with Crippen molar-refractivity contribution in [1.82, 2.24) is 15.4 Å². The number of fused-ring (bicyclic) bond motifs is 2. The zero-order valence-electron chi connectivity index (χ0n) is 14.2. The minimum Gasteiger partial charge on any atom is -0.361 e. The van der Waals surface area contributed by atoms with E-state index in [2.05, 4.69) is 4.98 Å². The molecule has 132 valence electrons. The summed E-state index contributed by atoms with van der Waals surface area (Å²) in [4.78, 5) is 29.3. The molecule has 0 fully saturated rings. The molecule has 3 N–H and O–H groups in total. The van der Waals surface area contributed by atoms with Gasteiger partial charge in [-0.2, -0.15) is 0 Å². The Morgan fingerprint density at radius 1 is 1.15 bits per heavy atom. The van der Waals surface area contributed by atoms with Gasteiger partial charge in [-0.15, -0.1) is 0 Å². The summed E-state index contributed by atoms with van der Waals surface area (Å²) >= 11 is 0. The van der Waals surface area contributed by atoms with Gasteiger partial charge in [0.05, 0.1) is 6.42 Å². The lowest BCUT2D eigenvalue weighted by atomic mass is 9.96. The van der Waals surface area contributed by atoms with Gasteiger partial charge in [0, 0.05) is 35.8 Å². The Morgan fingerprint density at radius 3 is 2.85 bits per heavy atom. The Labute approximate surface area is 150 Å². The number of nitrogens with zero attached hydrogens (tertiary/aromatic N) is 1. The highest BCUT2D eigenvalue weighted by molar-refractivity contribution is 5.93. The minimum atomic E-state index is -0.523. The molecule has 2 aromatic carbocycles. The van der Waals surface area contributed by atoms with Crippen LogP contribution in [-0.2, 0) is 24.2 Å².